The van der Waals surface area contributed by atoms with Crippen molar-refractivity contribution in [1.29, 1.82) is 5.26 Å². The van der Waals surface area contributed by atoms with Crippen molar-refractivity contribution in [3.05, 3.63) is 76.8 Å². The summed E-state index contributed by atoms with van der Waals surface area (Å²) >= 11 is 6.03. The predicted molar refractivity (Wildman–Crippen MR) is 87.4 cm³/mol. The summed E-state index contributed by atoms with van der Waals surface area (Å²) in [5, 5.41) is 15.1. The molecule has 0 saturated heterocycles. The molecule has 0 atom stereocenters. The maximum absolute atomic E-state index is 8.86. The normalized spacial score (nSPS) is 10.3. The van der Waals surface area contributed by atoms with Crippen LogP contribution in [-0.4, -0.2) is 0 Å². The molecule has 0 aliphatic carbocycles. The Bertz CT molecular complexity index is 834. The molecule has 0 heterocycles. The Kier molecular flexibility index (Phi) is 3.77. The Morgan fingerprint density at radius 3 is 2.52 bits per heavy atom. The van der Waals surface area contributed by atoms with Gasteiger partial charge in [0, 0.05) is 12.2 Å². The van der Waals surface area contributed by atoms with Gasteiger partial charge in [0.25, 0.3) is 0 Å². The van der Waals surface area contributed by atoms with Crippen LogP contribution in [0.4, 0.5) is 5.69 Å². The molecule has 3 rings (SSSR count). The third-order valence-electron chi connectivity index (χ3n) is 3.40. The number of nitrogens with zero attached hydrogens (tertiary/aromatic N) is 1. The van der Waals surface area contributed by atoms with E-state index < -0.39 is 0 Å². The van der Waals surface area contributed by atoms with Crippen molar-refractivity contribution in [2.75, 3.05) is 5.32 Å². The number of nitrogens with one attached hydrogen (secondary N) is 1. The van der Waals surface area contributed by atoms with Gasteiger partial charge in [-0.3, -0.25) is 0 Å². The van der Waals surface area contributed by atoms with Gasteiger partial charge in [0.1, 0.15) is 6.07 Å². The molecule has 0 spiro atoms. The zero-order valence-electron chi connectivity index (χ0n) is 11.3. The van der Waals surface area contributed by atoms with Gasteiger partial charge in [-0.05, 0) is 40.6 Å². The number of nitriles is 1. The first kappa shape index (κ1) is 13.5. The smallest absolute Gasteiger partial charge is 0.101 e. The zero-order valence-corrected chi connectivity index (χ0v) is 12.1. The van der Waals surface area contributed by atoms with Crippen LogP contribution in [0.25, 0.3) is 10.8 Å². The molecule has 0 bridgehead atoms. The summed E-state index contributed by atoms with van der Waals surface area (Å²) in [6, 6.07) is 22.1. The van der Waals surface area contributed by atoms with E-state index in [1.54, 1.807) is 12.1 Å². The van der Waals surface area contributed by atoms with Gasteiger partial charge in [0.15, 0.2) is 0 Å². The number of rotatable bonds is 3. The minimum atomic E-state index is 0.473. The molecule has 0 amide bonds. The van der Waals surface area contributed by atoms with Crippen LogP contribution in [0.1, 0.15) is 11.1 Å². The van der Waals surface area contributed by atoms with Crippen LogP contribution in [0.5, 0.6) is 0 Å². The second-order valence-corrected chi connectivity index (χ2v) is 5.25. The standard InChI is InChI=1S/C18H13ClN2/c19-18-10-17(8-7-16(18)11-20)21-12-13-5-6-14-3-1-2-4-15(14)9-13/h1-10,21H,12H2. The van der Waals surface area contributed by atoms with Crippen molar-refractivity contribution in [3.8, 4) is 6.07 Å². The van der Waals surface area contributed by atoms with Crippen molar-refractivity contribution in [2.24, 2.45) is 0 Å². The van der Waals surface area contributed by atoms with E-state index in [9.17, 15) is 0 Å². The summed E-state index contributed by atoms with van der Waals surface area (Å²) in [6.45, 7) is 0.715. The van der Waals surface area contributed by atoms with Gasteiger partial charge in [-0.1, -0.05) is 48.0 Å². The second-order valence-electron chi connectivity index (χ2n) is 4.84. The summed E-state index contributed by atoms with van der Waals surface area (Å²) in [6.07, 6.45) is 0. The molecular formula is C18H13ClN2. The van der Waals surface area contributed by atoms with E-state index in [-0.39, 0.29) is 0 Å². The SMILES string of the molecule is N#Cc1ccc(NCc2ccc3ccccc3c2)cc1Cl. The molecule has 102 valence electrons. The molecule has 3 aromatic carbocycles. The number of fused-ring (bicyclic) bond motifs is 1. The monoisotopic (exact) mass is 292 g/mol. The van der Waals surface area contributed by atoms with Gasteiger partial charge in [0.2, 0.25) is 0 Å². The highest BCUT2D eigenvalue weighted by molar-refractivity contribution is 6.32. The van der Waals surface area contributed by atoms with Crippen molar-refractivity contribution in [2.45, 2.75) is 6.54 Å². The van der Waals surface area contributed by atoms with Crippen molar-refractivity contribution < 1.29 is 0 Å². The molecule has 0 fully saturated rings. The Balaban J connectivity index is 1.77. The summed E-state index contributed by atoms with van der Waals surface area (Å²) < 4.78 is 0. The van der Waals surface area contributed by atoms with Crippen LogP contribution in [0.3, 0.4) is 0 Å². The van der Waals surface area contributed by atoms with E-state index in [1.165, 1.54) is 16.3 Å². The third kappa shape index (κ3) is 2.99. The van der Waals surface area contributed by atoms with Crippen LogP contribution < -0.4 is 5.32 Å². The van der Waals surface area contributed by atoms with Crippen molar-refractivity contribution in [3.63, 3.8) is 0 Å². The molecular weight excluding hydrogens is 280 g/mol. The molecule has 0 saturated carbocycles. The summed E-state index contributed by atoms with van der Waals surface area (Å²) in [4.78, 5) is 0. The first-order chi connectivity index (χ1) is 10.3. The number of hydrogen-bond donors (Lipinski definition) is 1. The molecule has 3 heteroatoms. The van der Waals surface area contributed by atoms with E-state index in [1.807, 2.05) is 18.2 Å². The molecule has 0 unspecified atom stereocenters. The quantitative estimate of drug-likeness (QED) is 0.739. The topological polar surface area (TPSA) is 35.8 Å². The Morgan fingerprint density at radius 1 is 0.952 bits per heavy atom. The summed E-state index contributed by atoms with van der Waals surface area (Å²) in [5.41, 5.74) is 2.61. The fourth-order valence-electron chi connectivity index (χ4n) is 2.27. The molecule has 21 heavy (non-hydrogen) atoms. The largest absolute Gasteiger partial charge is 0.381 e. The predicted octanol–water partition coefficient (Wildman–Crippen LogP) is 4.98. The fourth-order valence-corrected chi connectivity index (χ4v) is 2.49. The highest BCUT2D eigenvalue weighted by Crippen LogP contribution is 2.21. The first-order valence-corrected chi connectivity index (χ1v) is 7.05. The van der Waals surface area contributed by atoms with Crippen LogP contribution in [-0.2, 0) is 6.54 Å². The van der Waals surface area contributed by atoms with Gasteiger partial charge >= 0.3 is 0 Å². The summed E-state index contributed by atoms with van der Waals surface area (Å²) in [5.74, 6) is 0. The lowest BCUT2D eigenvalue weighted by Gasteiger charge is -2.08. The molecule has 1 N–H and O–H groups in total. The minimum absolute atomic E-state index is 0.473. The maximum atomic E-state index is 8.86. The van der Waals surface area contributed by atoms with Crippen LogP contribution in [0.2, 0.25) is 5.02 Å². The highest BCUT2D eigenvalue weighted by atomic mass is 35.5. The molecule has 0 aliphatic heterocycles. The van der Waals surface area contributed by atoms with Crippen LogP contribution in [0, 0.1) is 11.3 Å². The average Bonchev–Trinajstić information content (AvgIpc) is 2.53. The Morgan fingerprint density at radius 2 is 1.76 bits per heavy atom. The average molecular weight is 293 g/mol. The van der Waals surface area contributed by atoms with E-state index in [2.05, 4.69) is 41.7 Å². The van der Waals surface area contributed by atoms with Gasteiger partial charge in [-0.2, -0.15) is 5.26 Å². The number of halogens is 1. The van der Waals surface area contributed by atoms with Crippen molar-refractivity contribution in [1.82, 2.24) is 0 Å². The van der Waals surface area contributed by atoms with Crippen molar-refractivity contribution >= 4 is 28.1 Å². The zero-order chi connectivity index (χ0) is 14.7. The van der Waals surface area contributed by atoms with E-state index in [4.69, 9.17) is 16.9 Å². The summed E-state index contributed by atoms with van der Waals surface area (Å²) in [7, 11) is 0. The minimum Gasteiger partial charge on any atom is -0.381 e. The van der Waals surface area contributed by atoms with Gasteiger partial charge in [-0.15, -0.1) is 0 Å². The molecule has 2 nitrogen and oxygen atoms in total. The van der Waals surface area contributed by atoms with E-state index >= 15 is 0 Å². The number of anilines is 1. The maximum Gasteiger partial charge on any atom is 0.101 e. The number of benzene rings is 3. The number of hydrogen-bond acceptors (Lipinski definition) is 2. The van der Waals surface area contributed by atoms with E-state index in [0.29, 0.717) is 17.1 Å². The van der Waals surface area contributed by atoms with E-state index in [0.717, 1.165) is 5.69 Å². The highest BCUT2D eigenvalue weighted by Gasteiger charge is 2.01. The molecule has 0 aliphatic rings. The van der Waals surface area contributed by atoms with Crippen LogP contribution in [0.15, 0.2) is 60.7 Å². The van der Waals surface area contributed by atoms with Crippen LogP contribution >= 0.6 is 11.6 Å². The second kappa shape index (κ2) is 5.87. The lowest BCUT2D eigenvalue weighted by Crippen LogP contribution is -1.99. The lowest BCUT2D eigenvalue weighted by atomic mass is 10.1. The third-order valence-corrected chi connectivity index (χ3v) is 3.71. The Labute approximate surface area is 128 Å². The van der Waals surface area contributed by atoms with Gasteiger partial charge in [-0.25, -0.2) is 0 Å². The lowest BCUT2D eigenvalue weighted by molar-refractivity contribution is 1.15. The van der Waals surface area contributed by atoms with Gasteiger partial charge in [0.05, 0.1) is 10.6 Å². The first-order valence-electron chi connectivity index (χ1n) is 6.67. The molecule has 0 radical (unpaired) electrons. The fraction of sp³-hybridized carbons (Fsp3) is 0.0556. The molecule has 3 aromatic rings. The Hall–Kier alpha value is -2.50. The molecule has 0 aromatic heterocycles. The van der Waals surface area contributed by atoms with Gasteiger partial charge < -0.3 is 5.32 Å².